The third kappa shape index (κ3) is 5.59. The number of fused-ring (bicyclic) bond motifs is 1. The number of hydrogen-bond donors (Lipinski definition) is 1. The molecule has 1 aromatic heterocycles. The number of rotatable bonds is 7. The van der Waals surface area contributed by atoms with Crippen molar-refractivity contribution in [3.8, 4) is 11.4 Å². The Bertz CT molecular complexity index is 1140. The van der Waals surface area contributed by atoms with Crippen molar-refractivity contribution in [2.24, 2.45) is 0 Å². The molecule has 1 aliphatic rings. The molecule has 0 aliphatic carbocycles. The van der Waals surface area contributed by atoms with Crippen molar-refractivity contribution in [3.05, 3.63) is 47.5 Å². The highest BCUT2D eigenvalue weighted by molar-refractivity contribution is 5.92. The van der Waals surface area contributed by atoms with Crippen molar-refractivity contribution < 1.29 is 17.9 Å². The number of ether oxygens (including phenoxy) is 1. The van der Waals surface area contributed by atoms with Crippen LogP contribution in [0.1, 0.15) is 17.5 Å². The fourth-order valence-electron chi connectivity index (χ4n) is 4.07. The van der Waals surface area contributed by atoms with Crippen LogP contribution >= 0.6 is 0 Å². The van der Waals surface area contributed by atoms with Gasteiger partial charge >= 0.3 is 6.18 Å². The lowest BCUT2D eigenvalue weighted by Crippen LogP contribution is -2.36. The Morgan fingerprint density at radius 1 is 1.09 bits per heavy atom. The smallest absolute Gasteiger partial charge is 0.378 e. The van der Waals surface area contributed by atoms with E-state index >= 15 is 0 Å². The average molecular weight is 474 g/mol. The van der Waals surface area contributed by atoms with Crippen molar-refractivity contribution in [2.45, 2.75) is 19.5 Å². The van der Waals surface area contributed by atoms with E-state index < -0.39 is 11.7 Å². The van der Waals surface area contributed by atoms with E-state index in [2.05, 4.69) is 10.2 Å². The summed E-state index contributed by atoms with van der Waals surface area (Å²) in [5, 5.41) is 4.23. The predicted molar refractivity (Wildman–Crippen MR) is 129 cm³/mol. The zero-order valence-corrected chi connectivity index (χ0v) is 19.7. The van der Waals surface area contributed by atoms with Gasteiger partial charge in [-0.3, -0.25) is 0 Å². The largest absolute Gasteiger partial charge is 0.416 e. The standard InChI is InChI=1S/C25H30F3N5O/c1-17-6-4-7-21-22(17)30-23(31-24(21)29-8-5-9-32(2)3)18-14-19(25(26,27)28)16-20(15-18)33-10-12-34-13-11-33/h4,6-7,14-16H,5,8-13H2,1-3H3,(H,29,30,31). The lowest BCUT2D eigenvalue weighted by molar-refractivity contribution is -0.137. The molecule has 1 aliphatic heterocycles. The molecule has 4 rings (SSSR count). The van der Waals surface area contributed by atoms with Crippen LogP contribution in [0.2, 0.25) is 0 Å². The molecule has 2 aromatic carbocycles. The maximum Gasteiger partial charge on any atom is 0.416 e. The van der Waals surface area contributed by atoms with Gasteiger partial charge in [-0.2, -0.15) is 13.2 Å². The van der Waals surface area contributed by atoms with Crippen LogP contribution in [0.4, 0.5) is 24.7 Å². The van der Waals surface area contributed by atoms with E-state index in [1.165, 1.54) is 6.07 Å². The molecule has 1 fully saturated rings. The molecule has 3 aromatic rings. The second kappa shape index (κ2) is 10.1. The molecule has 0 radical (unpaired) electrons. The van der Waals surface area contributed by atoms with Crippen LogP contribution in [0.3, 0.4) is 0 Å². The molecule has 0 unspecified atom stereocenters. The van der Waals surface area contributed by atoms with Crippen LogP contribution in [0.15, 0.2) is 36.4 Å². The van der Waals surface area contributed by atoms with Crippen LogP contribution in [-0.4, -0.2) is 68.4 Å². The van der Waals surface area contributed by atoms with Crippen LogP contribution in [0.25, 0.3) is 22.3 Å². The van der Waals surface area contributed by atoms with Gasteiger partial charge in [0.1, 0.15) is 5.82 Å². The summed E-state index contributed by atoms with van der Waals surface area (Å²) < 4.78 is 46.8. The second-order valence-corrected chi connectivity index (χ2v) is 8.82. The number of nitrogens with one attached hydrogen (secondary N) is 1. The van der Waals surface area contributed by atoms with E-state index in [1.54, 1.807) is 6.07 Å². The number of aromatic nitrogens is 2. The Morgan fingerprint density at radius 3 is 2.56 bits per heavy atom. The zero-order valence-electron chi connectivity index (χ0n) is 19.7. The minimum atomic E-state index is -4.48. The van der Waals surface area contributed by atoms with E-state index in [1.807, 2.05) is 44.1 Å². The third-order valence-electron chi connectivity index (χ3n) is 5.88. The van der Waals surface area contributed by atoms with Gasteiger partial charge in [0.15, 0.2) is 5.82 Å². The molecule has 0 amide bonds. The molecular formula is C25H30F3N5O. The highest BCUT2D eigenvalue weighted by atomic mass is 19.4. The summed E-state index contributed by atoms with van der Waals surface area (Å²) >= 11 is 0. The quantitative estimate of drug-likeness (QED) is 0.497. The molecule has 0 bridgehead atoms. The van der Waals surface area contributed by atoms with Crippen LogP contribution in [-0.2, 0) is 10.9 Å². The molecule has 0 atom stereocenters. The van der Waals surface area contributed by atoms with Crippen molar-refractivity contribution in [3.63, 3.8) is 0 Å². The number of hydrogen-bond acceptors (Lipinski definition) is 6. The summed E-state index contributed by atoms with van der Waals surface area (Å²) in [6.07, 6.45) is -3.57. The normalized spacial score (nSPS) is 14.7. The van der Waals surface area contributed by atoms with Gasteiger partial charge in [0, 0.05) is 36.3 Å². The fourth-order valence-corrected chi connectivity index (χ4v) is 4.07. The minimum absolute atomic E-state index is 0.275. The van der Waals surface area contributed by atoms with Crippen molar-refractivity contribution in [2.75, 3.05) is 63.7 Å². The Morgan fingerprint density at radius 2 is 1.85 bits per heavy atom. The van der Waals surface area contributed by atoms with Crippen LogP contribution in [0, 0.1) is 6.92 Å². The summed E-state index contributed by atoms with van der Waals surface area (Å²) in [5.41, 5.74) is 1.81. The zero-order chi connectivity index (χ0) is 24.3. The molecular weight excluding hydrogens is 443 g/mol. The summed E-state index contributed by atoms with van der Waals surface area (Å²) in [6.45, 7) is 5.60. The van der Waals surface area contributed by atoms with E-state index in [4.69, 9.17) is 14.7 Å². The fraction of sp³-hybridized carbons (Fsp3) is 0.440. The van der Waals surface area contributed by atoms with Crippen LogP contribution in [0.5, 0.6) is 0 Å². The molecule has 9 heteroatoms. The minimum Gasteiger partial charge on any atom is -0.378 e. The van der Waals surface area contributed by atoms with Crippen molar-refractivity contribution in [1.29, 1.82) is 0 Å². The molecule has 2 heterocycles. The Hall–Kier alpha value is -2.91. The topological polar surface area (TPSA) is 53.5 Å². The summed E-state index contributed by atoms with van der Waals surface area (Å²) in [7, 11) is 4.03. The SMILES string of the molecule is Cc1cccc2c(NCCCN(C)C)nc(-c3cc(N4CCOCC4)cc(C(F)(F)F)c3)nc12. The summed E-state index contributed by atoms with van der Waals surface area (Å²) in [4.78, 5) is 13.4. The Labute approximate surface area is 197 Å². The molecule has 182 valence electrons. The highest BCUT2D eigenvalue weighted by Gasteiger charge is 2.32. The van der Waals surface area contributed by atoms with E-state index in [0.717, 1.165) is 35.5 Å². The maximum absolute atomic E-state index is 13.8. The predicted octanol–water partition coefficient (Wildman–Crippen LogP) is 4.82. The number of aryl methyl sites for hydroxylation is 1. The molecule has 0 spiro atoms. The molecule has 1 N–H and O–H groups in total. The first-order valence-corrected chi connectivity index (χ1v) is 11.4. The van der Waals surface area contributed by atoms with Gasteiger partial charge in [-0.15, -0.1) is 0 Å². The highest BCUT2D eigenvalue weighted by Crippen LogP contribution is 2.36. The first kappa shape index (κ1) is 24.2. The first-order chi connectivity index (χ1) is 16.2. The number of morpholine rings is 1. The van der Waals surface area contributed by atoms with Crippen LogP contribution < -0.4 is 10.2 Å². The molecule has 6 nitrogen and oxygen atoms in total. The van der Waals surface area contributed by atoms with E-state index in [0.29, 0.717) is 49.9 Å². The summed E-state index contributed by atoms with van der Waals surface area (Å²) in [6, 6.07) is 9.90. The van der Waals surface area contributed by atoms with Gasteiger partial charge in [-0.25, -0.2) is 9.97 Å². The number of benzene rings is 2. The second-order valence-electron chi connectivity index (χ2n) is 8.82. The lowest BCUT2D eigenvalue weighted by atomic mass is 10.1. The van der Waals surface area contributed by atoms with Gasteiger partial charge in [0.25, 0.3) is 0 Å². The monoisotopic (exact) mass is 473 g/mol. The number of alkyl halides is 3. The Balaban J connectivity index is 1.79. The third-order valence-corrected chi connectivity index (χ3v) is 5.88. The average Bonchev–Trinajstić information content (AvgIpc) is 2.81. The molecule has 0 saturated carbocycles. The summed E-state index contributed by atoms with van der Waals surface area (Å²) in [5.74, 6) is 0.908. The van der Waals surface area contributed by atoms with Crippen molar-refractivity contribution >= 4 is 22.4 Å². The molecule has 1 saturated heterocycles. The maximum atomic E-state index is 13.8. The number of halogens is 3. The molecule has 34 heavy (non-hydrogen) atoms. The van der Waals surface area contributed by atoms with Gasteiger partial charge < -0.3 is 19.9 Å². The number of anilines is 2. The van der Waals surface area contributed by atoms with E-state index in [9.17, 15) is 13.2 Å². The number of para-hydroxylation sites is 1. The van der Waals surface area contributed by atoms with Crippen molar-refractivity contribution in [1.82, 2.24) is 14.9 Å². The van der Waals surface area contributed by atoms with Gasteiger partial charge in [0.05, 0.1) is 24.3 Å². The lowest BCUT2D eigenvalue weighted by Gasteiger charge is -2.29. The first-order valence-electron chi connectivity index (χ1n) is 11.4. The van der Waals surface area contributed by atoms with E-state index in [-0.39, 0.29) is 5.82 Å². The number of nitrogens with zero attached hydrogens (tertiary/aromatic N) is 4. The van der Waals surface area contributed by atoms with Gasteiger partial charge in [0.2, 0.25) is 0 Å². The van der Waals surface area contributed by atoms with Gasteiger partial charge in [-0.05, 0) is 63.8 Å². The Kier molecular flexibility index (Phi) is 7.23. The van der Waals surface area contributed by atoms with Gasteiger partial charge in [-0.1, -0.05) is 12.1 Å².